The molecule has 2 fully saturated rings. The maximum absolute atomic E-state index is 13.3. The van der Waals surface area contributed by atoms with Crippen molar-refractivity contribution in [2.24, 2.45) is 0 Å². The highest BCUT2D eigenvalue weighted by Crippen LogP contribution is 2.31. The molecule has 2 aliphatic rings. The van der Waals surface area contributed by atoms with E-state index in [0.29, 0.717) is 6.67 Å². The van der Waals surface area contributed by atoms with Crippen molar-refractivity contribution >= 4 is 18.0 Å². The molecule has 180 valence electrons. The van der Waals surface area contributed by atoms with E-state index in [-0.39, 0.29) is 17.4 Å². The SMILES string of the molecule is CC(C)(C)c1ccc(C2(C)NC(=O)N(CN3CCN(C/C=C/c4ccccc4)CC3)C2=O)cc1. The minimum atomic E-state index is -1.03. The standard InChI is InChI=1S/C28H36N4O2/c1-27(2,3)23-12-14-24(15-13-23)28(4)25(33)32(26(34)29-28)21-31-19-17-30(18-20-31)16-8-11-22-9-6-5-7-10-22/h5-15H,16-21H2,1-4H3,(H,29,34)/b11-8+. The zero-order valence-electron chi connectivity index (χ0n) is 20.8. The van der Waals surface area contributed by atoms with Gasteiger partial charge in [-0.25, -0.2) is 9.69 Å². The van der Waals surface area contributed by atoms with Crippen LogP contribution >= 0.6 is 0 Å². The lowest BCUT2D eigenvalue weighted by atomic mass is 9.84. The molecule has 0 aliphatic carbocycles. The molecule has 6 heteroatoms. The Labute approximate surface area is 203 Å². The normalized spacial score (nSPS) is 22.5. The lowest BCUT2D eigenvalue weighted by Gasteiger charge is -2.35. The van der Waals surface area contributed by atoms with Crippen LogP contribution in [-0.2, 0) is 15.7 Å². The number of benzene rings is 2. The molecule has 0 saturated carbocycles. The molecule has 1 atom stereocenters. The number of hydrogen-bond donors (Lipinski definition) is 1. The molecule has 1 unspecified atom stereocenters. The number of urea groups is 1. The van der Waals surface area contributed by atoms with E-state index in [4.69, 9.17) is 0 Å². The van der Waals surface area contributed by atoms with E-state index >= 15 is 0 Å². The Bertz CT molecular complexity index is 1030. The van der Waals surface area contributed by atoms with Crippen LogP contribution in [0.15, 0.2) is 60.7 Å². The summed E-state index contributed by atoms with van der Waals surface area (Å²) in [6, 6.07) is 18.0. The Morgan fingerprint density at radius 3 is 2.15 bits per heavy atom. The summed E-state index contributed by atoms with van der Waals surface area (Å²) in [6.45, 7) is 13.0. The average Bonchev–Trinajstić information content (AvgIpc) is 3.04. The number of amides is 3. The molecule has 1 N–H and O–H groups in total. The fraction of sp³-hybridized carbons (Fsp3) is 0.429. The Kier molecular flexibility index (Phi) is 6.91. The van der Waals surface area contributed by atoms with Crippen LogP contribution in [0.4, 0.5) is 4.79 Å². The largest absolute Gasteiger partial charge is 0.326 e. The lowest BCUT2D eigenvalue weighted by Crippen LogP contribution is -2.51. The number of carbonyl (C=O) groups excluding carboxylic acids is 2. The third kappa shape index (κ3) is 5.24. The van der Waals surface area contributed by atoms with Crippen molar-refractivity contribution in [2.45, 2.75) is 38.6 Å². The molecule has 2 heterocycles. The van der Waals surface area contributed by atoms with Crippen LogP contribution in [0.25, 0.3) is 6.08 Å². The summed E-state index contributed by atoms with van der Waals surface area (Å²) in [5.74, 6) is -0.186. The van der Waals surface area contributed by atoms with Gasteiger partial charge in [0.2, 0.25) is 0 Å². The minimum absolute atomic E-state index is 0.0356. The van der Waals surface area contributed by atoms with Crippen LogP contribution in [0.1, 0.15) is 44.4 Å². The Balaban J connectivity index is 1.32. The summed E-state index contributed by atoms with van der Waals surface area (Å²) >= 11 is 0. The van der Waals surface area contributed by atoms with Gasteiger partial charge in [0.1, 0.15) is 5.54 Å². The van der Waals surface area contributed by atoms with Crippen LogP contribution in [-0.4, -0.2) is 66.0 Å². The van der Waals surface area contributed by atoms with Gasteiger partial charge in [0.05, 0.1) is 6.67 Å². The number of imide groups is 1. The average molecular weight is 461 g/mol. The van der Waals surface area contributed by atoms with Crippen molar-refractivity contribution in [3.05, 3.63) is 77.4 Å². The van der Waals surface area contributed by atoms with Gasteiger partial charge < -0.3 is 5.32 Å². The molecule has 2 aliphatic heterocycles. The highest BCUT2D eigenvalue weighted by Gasteiger charge is 2.49. The maximum Gasteiger partial charge on any atom is 0.326 e. The van der Waals surface area contributed by atoms with E-state index < -0.39 is 5.54 Å². The molecule has 0 aromatic heterocycles. The van der Waals surface area contributed by atoms with Gasteiger partial charge in [-0.15, -0.1) is 0 Å². The number of rotatable bonds is 6. The quantitative estimate of drug-likeness (QED) is 0.661. The number of piperazine rings is 1. The van der Waals surface area contributed by atoms with Gasteiger partial charge >= 0.3 is 6.03 Å². The number of nitrogens with zero attached hydrogens (tertiary/aromatic N) is 3. The molecule has 3 amide bonds. The zero-order chi connectivity index (χ0) is 24.3. The van der Waals surface area contributed by atoms with E-state index in [2.05, 4.69) is 60.2 Å². The molecular formula is C28H36N4O2. The fourth-order valence-electron chi connectivity index (χ4n) is 4.54. The van der Waals surface area contributed by atoms with Gasteiger partial charge in [-0.2, -0.15) is 0 Å². The van der Waals surface area contributed by atoms with E-state index in [0.717, 1.165) is 38.3 Å². The predicted molar refractivity (Wildman–Crippen MR) is 136 cm³/mol. The first-order chi connectivity index (χ1) is 16.2. The van der Waals surface area contributed by atoms with Crippen LogP contribution < -0.4 is 5.32 Å². The lowest BCUT2D eigenvalue weighted by molar-refractivity contribution is -0.132. The number of carbonyl (C=O) groups is 2. The predicted octanol–water partition coefficient (Wildman–Crippen LogP) is 4.04. The van der Waals surface area contributed by atoms with Crippen LogP contribution in [0.5, 0.6) is 0 Å². The fourth-order valence-corrected chi connectivity index (χ4v) is 4.54. The summed E-state index contributed by atoms with van der Waals surface area (Å²) < 4.78 is 0. The van der Waals surface area contributed by atoms with Gasteiger partial charge in [0, 0.05) is 32.7 Å². The van der Waals surface area contributed by atoms with Crippen LogP contribution in [0, 0.1) is 0 Å². The summed E-state index contributed by atoms with van der Waals surface area (Å²) in [7, 11) is 0. The zero-order valence-corrected chi connectivity index (χ0v) is 20.8. The van der Waals surface area contributed by atoms with E-state index in [9.17, 15) is 9.59 Å². The Morgan fingerprint density at radius 1 is 0.912 bits per heavy atom. The number of hydrogen-bond acceptors (Lipinski definition) is 4. The molecule has 4 rings (SSSR count). The van der Waals surface area contributed by atoms with Crippen molar-refractivity contribution in [1.82, 2.24) is 20.0 Å². The van der Waals surface area contributed by atoms with Crippen molar-refractivity contribution in [3.63, 3.8) is 0 Å². The molecule has 2 aromatic rings. The van der Waals surface area contributed by atoms with E-state index in [1.54, 1.807) is 6.92 Å². The van der Waals surface area contributed by atoms with E-state index in [1.807, 2.05) is 42.5 Å². The molecule has 6 nitrogen and oxygen atoms in total. The number of nitrogens with one attached hydrogen (secondary N) is 1. The maximum atomic E-state index is 13.3. The molecular weight excluding hydrogens is 424 g/mol. The molecule has 2 aromatic carbocycles. The highest BCUT2D eigenvalue weighted by atomic mass is 16.2. The van der Waals surface area contributed by atoms with Gasteiger partial charge in [0.25, 0.3) is 5.91 Å². The molecule has 34 heavy (non-hydrogen) atoms. The Morgan fingerprint density at radius 2 is 1.53 bits per heavy atom. The first-order valence-electron chi connectivity index (χ1n) is 12.1. The first kappa shape index (κ1) is 24.2. The summed E-state index contributed by atoms with van der Waals surface area (Å²) in [6.07, 6.45) is 4.34. The molecule has 2 saturated heterocycles. The second-order valence-corrected chi connectivity index (χ2v) is 10.5. The highest BCUT2D eigenvalue weighted by molar-refractivity contribution is 6.07. The van der Waals surface area contributed by atoms with Gasteiger partial charge in [-0.3, -0.25) is 14.6 Å². The second kappa shape index (κ2) is 9.72. The van der Waals surface area contributed by atoms with Gasteiger partial charge in [-0.1, -0.05) is 87.5 Å². The monoisotopic (exact) mass is 460 g/mol. The van der Waals surface area contributed by atoms with Crippen LogP contribution in [0.2, 0.25) is 0 Å². The van der Waals surface area contributed by atoms with Crippen molar-refractivity contribution in [2.75, 3.05) is 39.4 Å². The first-order valence-corrected chi connectivity index (χ1v) is 12.1. The third-order valence-electron chi connectivity index (χ3n) is 6.88. The summed E-state index contributed by atoms with van der Waals surface area (Å²) in [5, 5.41) is 2.94. The molecule has 0 bridgehead atoms. The summed E-state index contributed by atoms with van der Waals surface area (Å²) in [5.41, 5.74) is 2.22. The topological polar surface area (TPSA) is 55.9 Å². The van der Waals surface area contributed by atoms with Crippen molar-refractivity contribution in [3.8, 4) is 0 Å². The molecule has 0 spiro atoms. The smallest absolute Gasteiger partial charge is 0.319 e. The molecule has 0 radical (unpaired) electrons. The van der Waals surface area contributed by atoms with Gasteiger partial charge in [-0.05, 0) is 29.0 Å². The third-order valence-corrected chi connectivity index (χ3v) is 6.88. The van der Waals surface area contributed by atoms with Crippen LogP contribution in [0.3, 0.4) is 0 Å². The second-order valence-electron chi connectivity index (χ2n) is 10.5. The minimum Gasteiger partial charge on any atom is -0.319 e. The van der Waals surface area contributed by atoms with Crippen molar-refractivity contribution < 1.29 is 9.59 Å². The summed E-state index contributed by atoms with van der Waals surface area (Å²) in [4.78, 5) is 32.0. The van der Waals surface area contributed by atoms with E-state index in [1.165, 1.54) is 16.0 Å². The Hall–Kier alpha value is -2.96. The van der Waals surface area contributed by atoms with Crippen molar-refractivity contribution in [1.29, 1.82) is 0 Å². The van der Waals surface area contributed by atoms with Gasteiger partial charge in [0.15, 0.2) is 0 Å².